The van der Waals surface area contributed by atoms with Crippen molar-refractivity contribution >= 4 is 29.7 Å². The predicted octanol–water partition coefficient (Wildman–Crippen LogP) is 2.21. The Morgan fingerprint density at radius 1 is 1.52 bits per heavy atom. The van der Waals surface area contributed by atoms with E-state index in [1.807, 2.05) is 17.5 Å². The lowest BCUT2D eigenvalue weighted by Crippen LogP contribution is -2.53. The number of aromatic nitrogens is 1. The monoisotopic (exact) mass is 357 g/mol. The molecule has 1 aliphatic rings. The molecule has 0 aromatic carbocycles. The SMILES string of the molecule is COC1(C(=O)NCc2coc(-c3cccs3)n2)CCNCC1.Cl. The second-order valence-electron chi connectivity index (χ2n) is 5.25. The Kier molecular flexibility index (Phi) is 6.17. The van der Waals surface area contributed by atoms with E-state index in [4.69, 9.17) is 9.15 Å². The molecule has 6 nitrogen and oxygen atoms in total. The van der Waals surface area contributed by atoms with Crippen molar-refractivity contribution < 1.29 is 13.9 Å². The summed E-state index contributed by atoms with van der Waals surface area (Å²) in [4.78, 5) is 17.8. The number of oxazole rings is 1. The van der Waals surface area contributed by atoms with Gasteiger partial charge in [-0.3, -0.25) is 4.79 Å². The number of carbonyl (C=O) groups excluding carboxylic acids is 1. The van der Waals surface area contributed by atoms with Crippen LogP contribution >= 0.6 is 23.7 Å². The average molecular weight is 358 g/mol. The minimum Gasteiger partial charge on any atom is -0.443 e. The van der Waals surface area contributed by atoms with Gasteiger partial charge in [0.25, 0.3) is 5.91 Å². The first kappa shape index (κ1) is 17.9. The number of carbonyl (C=O) groups is 1. The van der Waals surface area contributed by atoms with Crippen LogP contribution in [0.15, 0.2) is 28.2 Å². The van der Waals surface area contributed by atoms with Crippen molar-refractivity contribution in [1.29, 1.82) is 0 Å². The summed E-state index contributed by atoms with van der Waals surface area (Å²) in [6.07, 6.45) is 2.93. The van der Waals surface area contributed by atoms with Gasteiger partial charge < -0.3 is 19.8 Å². The Hall–Kier alpha value is -1.41. The number of piperidine rings is 1. The number of nitrogens with one attached hydrogen (secondary N) is 2. The first-order chi connectivity index (χ1) is 10.7. The van der Waals surface area contributed by atoms with Gasteiger partial charge in [0.05, 0.1) is 17.1 Å². The number of halogens is 1. The zero-order chi connectivity index (χ0) is 15.4. The van der Waals surface area contributed by atoms with Crippen LogP contribution in [0.1, 0.15) is 18.5 Å². The highest BCUT2D eigenvalue weighted by molar-refractivity contribution is 7.13. The van der Waals surface area contributed by atoms with E-state index in [2.05, 4.69) is 15.6 Å². The molecule has 3 rings (SSSR count). The number of ether oxygens (including phenoxy) is 1. The van der Waals surface area contributed by atoms with Gasteiger partial charge >= 0.3 is 0 Å². The van der Waals surface area contributed by atoms with Crippen LogP contribution in [0.3, 0.4) is 0 Å². The molecule has 3 heterocycles. The Balaban J connectivity index is 0.00000192. The molecule has 1 fully saturated rings. The zero-order valence-electron chi connectivity index (χ0n) is 12.8. The van der Waals surface area contributed by atoms with Gasteiger partial charge in [-0.15, -0.1) is 23.7 Å². The summed E-state index contributed by atoms with van der Waals surface area (Å²) in [5.74, 6) is 0.500. The summed E-state index contributed by atoms with van der Waals surface area (Å²) < 4.78 is 10.9. The number of hydrogen-bond acceptors (Lipinski definition) is 6. The predicted molar refractivity (Wildman–Crippen MR) is 90.8 cm³/mol. The van der Waals surface area contributed by atoms with Crippen molar-refractivity contribution in [2.24, 2.45) is 0 Å². The Morgan fingerprint density at radius 3 is 2.96 bits per heavy atom. The van der Waals surface area contributed by atoms with Gasteiger partial charge in [0.15, 0.2) is 0 Å². The largest absolute Gasteiger partial charge is 0.443 e. The third-order valence-electron chi connectivity index (χ3n) is 3.93. The quantitative estimate of drug-likeness (QED) is 0.858. The van der Waals surface area contributed by atoms with Crippen LogP contribution in [-0.2, 0) is 16.1 Å². The van der Waals surface area contributed by atoms with Gasteiger partial charge in [0.1, 0.15) is 11.9 Å². The smallest absolute Gasteiger partial charge is 0.252 e. The van der Waals surface area contributed by atoms with E-state index in [9.17, 15) is 4.79 Å². The second kappa shape index (κ2) is 7.92. The summed E-state index contributed by atoms with van der Waals surface area (Å²) in [5.41, 5.74) is -0.0251. The van der Waals surface area contributed by atoms with Gasteiger partial charge in [0.2, 0.25) is 5.89 Å². The van der Waals surface area contributed by atoms with Crippen LogP contribution in [0.25, 0.3) is 10.8 Å². The molecule has 2 aromatic rings. The van der Waals surface area contributed by atoms with Crippen LogP contribution in [0.4, 0.5) is 0 Å². The zero-order valence-corrected chi connectivity index (χ0v) is 14.5. The highest BCUT2D eigenvalue weighted by Crippen LogP contribution is 2.24. The molecule has 0 bridgehead atoms. The fourth-order valence-corrected chi connectivity index (χ4v) is 3.24. The Labute approximate surface area is 145 Å². The summed E-state index contributed by atoms with van der Waals surface area (Å²) in [7, 11) is 1.59. The maximum Gasteiger partial charge on any atom is 0.252 e. The minimum atomic E-state index is -0.731. The maximum atomic E-state index is 12.4. The molecule has 2 N–H and O–H groups in total. The summed E-state index contributed by atoms with van der Waals surface area (Å²) in [6.45, 7) is 1.91. The Morgan fingerprint density at radius 2 is 2.30 bits per heavy atom. The van der Waals surface area contributed by atoms with Crippen molar-refractivity contribution in [3.63, 3.8) is 0 Å². The fourth-order valence-electron chi connectivity index (χ4n) is 2.59. The van der Waals surface area contributed by atoms with Crippen molar-refractivity contribution in [3.05, 3.63) is 29.5 Å². The molecule has 23 heavy (non-hydrogen) atoms. The molecule has 1 aliphatic heterocycles. The molecule has 1 amide bonds. The highest BCUT2D eigenvalue weighted by Gasteiger charge is 2.39. The van der Waals surface area contributed by atoms with E-state index < -0.39 is 5.60 Å². The van der Waals surface area contributed by atoms with Crippen LogP contribution < -0.4 is 10.6 Å². The lowest BCUT2D eigenvalue weighted by molar-refractivity contribution is -0.146. The van der Waals surface area contributed by atoms with Crippen molar-refractivity contribution in [1.82, 2.24) is 15.6 Å². The molecule has 2 aromatic heterocycles. The van der Waals surface area contributed by atoms with E-state index in [-0.39, 0.29) is 18.3 Å². The third kappa shape index (κ3) is 3.92. The van der Waals surface area contributed by atoms with Crippen LogP contribution in [0.5, 0.6) is 0 Å². The molecule has 8 heteroatoms. The number of amides is 1. The molecule has 0 aliphatic carbocycles. The second-order valence-corrected chi connectivity index (χ2v) is 6.20. The fraction of sp³-hybridized carbons (Fsp3) is 0.467. The van der Waals surface area contributed by atoms with Gasteiger partial charge in [-0.05, 0) is 37.4 Å². The summed E-state index contributed by atoms with van der Waals surface area (Å²) in [6, 6.07) is 3.90. The van der Waals surface area contributed by atoms with Crippen molar-refractivity contribution in [2.45, 2.75) is 25.0 Å². The van der Waals surface area contributed by atoms with Crippen LogP contribution in [-0.4, -0.2) is 36.7 Å². The van der Waals surface area contributed by atoms with Gasteiger partial charge in [0, 0.05) is 7.11 Å². The first-order valence-corrected chi connectivity index (χ1v) is 8.14. The molecule has 126 valence electrons. The standard InChI is InChI=1S/C15H19N3O3S.ClH/c1-20-15(4-6-16-7-5-15)14(19)17-9-11-10-21-13(18-11)12-3-2-8-22-12;/h2-3,8,10,16H,4-7,9H2,1H3,(H,17,19);1H. The molecule has 1 saturated heterocycles. The lowest BCUT2D eigenvalue weighted by atomic mass is 9.91. The number of methoxy groups -OCH3 is 1. The molecule has 0 saturated carbocycles. The molecular formula is C15H20ClN3O3S. The number of nitrogens with zero attached hydrogens (tertiary/aromatic N) is 1. The third-order valence-corrected chi connectivity index (χ3v) is 4.79. The van der Waals surface area contributed by atoms with E-state index >= 15 is 0 Å². The summed E-state index contributed by atoms with van der Waals surface area (Å²) >= 11 is 1.57. The van der Waals surface area contributed by atoms with Crippen LogP contribution in [0, 0.1) is 0 Å². The van der Waals surface area contributed by atoms with Crippen molar-refractivity contribution in [3.8, 4) is 10.8 Å². The molecule has 0 radical (unpaired) electrons. The minimum absolute atomic E-state index is 0. The molecule has 0 spiro atoms. The number of hydrogen-bond donors (Lipinski definition) is 2. The van der Waals surface area contributed by atoms with Crippen molar-refractivity contribution in [2.75, 3.05) is 20.2 Å². The molecule has 0 atom stereocenters. The van der Waals surface area contributed by atoms with E-state index in [1.54, 1.807) is 24.7 Å². The van der Waals surface area contributed by atoms with Gasteiger partial charge in [-0.1, -0.05) is 6.07 Å². The van der Waals surface area contributed by atoms with Crippen LogP contribution in [0.2, 0.25) is 0 Å². The molecule has 0 unspecified atom stereocenters. The van der Waals surface area contributed by atoms with Gasteiger partial charge in [-0.2, -0.15) is 0 Å². The normalized spacial score (nSPS) is 16.6. The van der Waals surface area contributed by atoms with E-state index in [1.165, 1.54) is 0 Å². The lowest BCUT2D eigenvalue weighted by Gasteiger charge is -2.34. The molecular weight excluding hydrogens is 338 g/mol. The number of thiophene rings is 1. The highest BCUT2D eigenvalue weighted by atomic mass is 35.5. The van der Waals surface area contributed by atoms with Gasteiger partial charge in [-0.25, -0.2) is 4.98 Å². The summed E-state index contributed by atoms with van der Waals surface area (Å²) in [5, 5.41) is 8.12. The first-order valence-electron chi connectivity index (χ1n) is 7.26. The number of rotatable bonds is 5. The topological polar surface area (TPSA) is 76.4 Å². The maximum absolute atomic E-state index is 12.4. The van der Waals surface area contributed by atoms with E-state index in [0.717, 1.165) is 18.0 Å². The Bertz CT molecular complexity index is 624. The average Bonchev–Trinajstić information content (AvgIpc) is 3.24. The van der Waals surface area contributed by atoms with E-state index in [0.29, 0.717) is 31.0 Å².